The third-order valence-corrected chi connectivity index (χ3v) is 6.59. The van der Waals surface area contributed by atoms with Gasteiger partial charge >= 0.3 is 0 Å². The first-order chi connectivity index (χ1) is 11.8. The van der Waals surface area contributed by atoms with Gasteiger partial charge in [-0.15, -0.1) is 5.10 Å². The second-order valence-electron chi connectivity index (χ2n) is 6.06. The number of nitrogens with zero attached hydrogens (tertiary/aromatic N) is 4. The Bertz CT molecular complexity index is 842. The van der Waals surface area contributed by atoms with Gasteiger partial charge in [0.05, 0.1) is 11.1 Å². The number of sulfonamides is 1. The van der Waals surface area contributed by atoms with E-state index in [0.717, 1.165) is 4.47 Å². The van der Waals surface area contributed by atoms with Crippen molar-refractivity contribution < 1.29 is 13.2 Å². The van der Waals surface area contributed by atoms with E-state index < -0.39 is 10.0 Å². The number of aromatic amines is 1. The predicted octanol–water partition coefficient (Wildman–Crippen LogP) is 1.49. The van der Waals surface area contributed by atoms with Gasteiger partial charge in [-0.3, -0.25) is 9.89 Å². The van der Waals surface area contributed by atoms with Crippen LogP contribution in [0.4, 0.5) is 0 Å². The first kappa shape index (κ1) is 18.0. The molecule has 0 spiro atoms. The van der Waals surface area contributed by atoms with Crippen LogP contribution >= 0.6 is 15.9 Å². The Labute approximate surface area is 154 Å². The SMILES string of the molecule is C[C@@H]1CN(S(=O)(=O)c2ccc(Br)cc2)C[C@H](C)N1C(=O)c1cnn[nH]1. The van der Waals surface area contributed by atoms with Gasteiger partial charge in [0.25, 0.3) is 5.91 Å². The molecule has 1 aromatic heterocycles. The fourth-order valence-electron chi connectivity index (χ4n) is 3.07. The molecule has 8 nitrogen and oxygen atoms in total. The minimum absolute atomic E-state index is 0.231. The summed E-state index contributed by atoms with van der Waals surface area (Å²) < 4.78 is 28.0. The fourth-order valence-corrected chi connectivity index (χ4v) is 4.93. The van der Waals surface area contributed by atoms with E-state index >= 15 is 0 Å². The minimum atomic E-state index is -3.61. The van der Waals surface area contributed by atoms with Crippen molar-refractivity contribution in [3.05, 3.63) is 40.6 Å². The number of carbonyl (C=O) groups excluding carboxylic acids is 1. The van der Waals surface area contributed by atoms with Crippen LogP contribution in [0.5, 0.6) is 0 Å². The zero-order chi connectivity index (χ0) is 18.2. The highest BCUT2D eigenvalue weighted by Crippen LogP contribution is 2.25. The van der Waals surface area contributed by atoms with Gasteiger partial charge in [-0.25, -0.2) is 8.42 Å². The van der Waals surface area contributed by atoms with Crippen LogP contribution in [0, 0.1) is 0 Å². The molecule has 10 heteroatoms. The quantitative estimate of drug-likeness (QED) is 0.799. The van der Waals surface area contributed by atoms with E-state index in [1.54, 1.807) is 29.2 Å². The number of H-pyrrole nitrogens is 1. The van der Waals surface area contributed by atoms with Gasteiger partial charge in [0.2, 0.25) is 10.0 Å². The fraction of sp³-hybridized carbons (Fsp3) is 0.400. The molecule has 0 unspecified atom stereocenters. The molecule has 0 radical (unpaired) electrons. The summed E-state index contributed by atoms with van der Waals surface area (Å²) in [6.45, 7) is 4.13. The summed E-state index contributed by atoms with van der Waals surface area (Å²) in [5.74, 6) is -0.231. The van der Waals surface area contributed by atoms with E-state index in [1.807, 2.05) is 13.8 Å². The Kier molecular flexibility index (Phi) is 4.94. The first-order valence-electron chi connectivity index (χ1n) is 7.75. The molecule has 0 bridgehead atoms. The van der Waals surface area contributed by atoms with Crippen molar-refractivity contribution in [3.63, 3.8) is 0 Å². The predicted molar refractivity (Wildman–Crippen MR) is 94.4 cm³/mol. The number of amides is 1. The lowest BCUT2D eigenvalue weighted by Crippen LogP contribution is -2.59. The van der Waals surface area contributed by atoms with Crippen LogP contribution in [0.1, 0.15) is 24.3 Å². The molecule has 1 aliphatic rings. The molecule has 1 amide bonds. The summed E-state index contributed by atoms with van der Waals surface area (Å²) in [6, 6.07) is 6.00. The Morgan fingerprint density at radius 2 is 1.80 bits per heavy atom. The molecule has 3 rings (SSSR count). The highest BCUT2D eigenvalue weighted by molar-refractivity contribution is 9.10. The van der Waals surface area contributed by atoms with Crippen LogP contribution in [0.2, 0.25) is 0 Å². The second kappa shape index (κ2) is 6.85. The van der Waals surface area contributed by atoms with E-state index in [4.69, 9.17) is 0 Å². The highest BCUT2D eigenvalue weighted by Gasteiger charge is 2.38. The number of carbonyl (C=O) groups is 1. The van der Waals surface area contributed by atoms with Gasteiger partial charge in [-0.05, 0) is 38.1 Å². The van der Waals surface area contributed by atoms with Crippen molar-refractivity contribution in [1.82, 2.24) is 24.6 Å². The topological polar surface area (TPSA) is 99.3 Å². The third kappa shape index (κ3) is 3.46. The number of rotatable bonds is 3. The van der Waals surface area contributed by atoms with Crippen LogP contribution in [0.15, 0.2) is 39.8 Å². The lowest BCUT2D eigenvalue weighted by Gasteiger charge is -2.43. The molecule has 1 aromatic carbocycles. The summed E-state index contributed by atoms with van der Waals surface area (Å²) in [5, 5.41) is 9.74. The number of nitrogens with one attached hydrogen (secondary N) is 1. The molecule has 0 aliphatic carbocycles. The number of benzene rings is 1. The van der Waals surface area contributed by atoms with Crippen LogP contribution in [-0.4, -0.2) is 64.1 Å². The van der Waals surface area contributed by atoms with E-state index in [9.17, 15) is 13.2 Å². The van der Waals surface area contributed by atoms with E-state index in [2.05, 4.69) is 31.3 Å². The molecule has 2 aromatic rings. The first-order valence-corrected chi connectivity index (χ1v) is 9.98. The van der Waals surface area contributed by atoms with Gasteiger partial charge in [0, 0.05) is 29.6 Å². The maximum Gasteiger partial charge on any atom is 0.274 e. The number of piperazine rings is 1. The number of hydrogen-bond donors (Lipinski definition) is 1. The smallest absolute Gasteiger partial charge is 0.274 e. The van der Waals surface area contributed by atoms with E-state index in [-0.39, 0.29) is 36.0 Å². The Hall–Kier alpha value is -1.78. The van der Waals surface area contributed by atoms with Crippen LogP contribution in [0.25, 0.3) is 0 Å². The molecule has 25 heavy (non-hydrogen) atoms. The monoisotopic (exact) mass is 427 g/mol. The molecule has 134 valence electrons. The maximum absolute atomic E-state index is 12.9. The van der Waals surface area contributed by atoms with Crippen LogP contribution < -0.4 is 0 Å². The third-order valence-electron chi connectivity index (χ3n) is 4.22. The molecule has 2 heterocycles. The number of aromatic nitrogens is 3. The summed E-state index contributed by atoms with van der Waals surface area (Å²) in [4.78, 5) is 14.5. The largest absolute Gasteiger partial charge is 0.329 e. The van der Waals surface area contributed by atoms with Crippen LogP contribution in [-0.2, 0) is 10.0 Å². The van der Waals surface area contributed by atoms with Crippen molar-refractivity contribution in [2.45, 2.75) is 30.8 Å². The standard InChI is InChI=1S/C15H18BrN5O3S/c1-10-8-20(25(23,24)13-5-3-12(16)4-6-13)9-11(2)21(10)15(22)14-7-17-19-18-14/h3-7,10-11H,8-9H2,1-2H3,(H,17,18,19)/t10-,11+. The molecule has 1 saturated heterocycles. The Morgan fingerprint density at radius 1 is 1.20 bits per heavy atom. The molecule has 0 saturated carbocycles. The Balaban J connectivity index is 1.82. The lowest BCUT2D eigenvalue weighted by atomic mass is 10.1. The van der Waals surface area contributed by atoms with Crippen molar-refractivity contribution in [2.24, 2.45) is 0 Å². The summed E-state index contributed by atoms with van der Waals surface area (Å²) >= 11 is 3.30. The van der Waals surface area contributed by atoms with Crippen molar-refractivity contribution in [2.75, 3.05) is 13.1 Å². The lowest BCUT2D eigenvalue weighted by molar-refractivity contribution is 0.0435. The average Bonchev–Trinajstić information content (AvgIpc) is 3.09. The molecule has 2 atom stereocenters. The van der Waals surface area contributed by atoms with Gasteiger partial charge in [0.15, 0.2) is 0 Å². The van der Waals surface area contributed by atoms with Crippen molar-refractivity contribution in [1.29, 1.82) is 0 Å². The zero-order valence-electron chi connectivity index (χ0n) is 13.8. The van der Waals surface area contributed by atoms with E-state index in [0.29, 0.717) is 5.69 Å². The van der Waals surface area contributed by atoms with Gasteiger partial charge in [-0.2, -0.15) is 4.31 Å². The second-order valence-corrected chi connectivity index (χ2v) is 8.91. The van der Waals surface area contributed by atoms with Gasteiger partial charge < -0.3 is 4.90 Å². The zero-order valence-corrected chi connectivity index (χ0v) is 16.2. The molecule has 1 aliphatic heterocycles. The van der Waals surface area contributed by atoms with Gasteiger partial charge in [-0.1, -0.05) is 21.1 Å². The highest BCUT2D eigenvalue weighted by atomic mass is 79.9. The maximum atomic E-state index is 12.9. The molecule has 1 fully saturated rings. The molecule has 1 N–H and O–H groups in total. The normalized spacial score (nSPS) is 22.1. The van der Waals surface area contributed by atoms with Crippen LogP contribution in [0.3, 0.4) is 0 Å². The minimum Gasteiger partial charge on any atom is -0.329 e. The average molecular weight is 428 g/mol. The molecular formula is C15H18BrN5O3S. The van der Waals surface area contributed by atoms with Crippen molar-refractivity contribution in [3.8, 4) is 0 Å². The number of hydrogen-bond acceptors (Lipinski definition) is 5. The summed E-state index contributed by atoms with van der Waals surface area (Å²) in [7, 11) is -3.61. The molecular weight excluding hydrogens is 410 g/mol. The summed E-state index contributed by atoms with van der Waals surface area (Å²) in [5.41, 5.74) is 0.294. The van der Waals surface area contributed by atoms with Gasteiger partial charge in [0.1, 0.15) is 5.69 Å². The van der Waals surface area contributed by atoms with E-state index in [1.165, 1.54) is 10.5 Å². The van der Waals surface area contributed by atoms with Crippen molar-refractivity contribution >= 4 is 31.9 Å². The Morgan fingerprint density at radius 3 is 2.32 bits per heavy atom. The summed E-state index contributed by atoms with van der Waals surface area (Å²) in [6.07, 6.45) is 1.37. The number of halogens is 1.